The molecule has 0 aromatic carbocycles. The average molecular weight is 434 g/mol. The van der Waals surface area contributed by atoms with Crippen LogP contribution in [0.5, 0.6) is 0 Å². The van der Waals surface area contributed by atoms with E-state index in [1.54, 1.807) is 11.1 Å². The SMILES string of the molecule is C/C=C(\CN=CC(C)C#N)N1CCN(CC(=O)N2CCCCC2C(=O)OC)C1.CCC. The van der Waals surface area contributed by atoms with Gasteiger partial charge in [-0.25, -0.2) is 4.79 Å². The van der Waals surface area contributed by atoms with Crippen molar-refractivity contribution in [2.75, 3.05) is 46.5 Å². The molecule has 0 bridgehead atoms. The number of amides is 1. The molecule has 174 valence electrons. The molecule has 2 heterocycles. The Bertz CT molecular complexity index is 671. The molecule has 2 saturated heterocycles. The second-order valence-corrected chi connectivity index (χ2v) is 7.97. The summed E-state index contributed by atoms with van der Waals surface area (Å²) in [4.78, 5) is 35.1. The van der Waals surface area contributed by atoms with Crippen molar-refractivity contribution in [3.05, 3.63) is 11.8 Å². The van der Waals surface area contributed by atoms with Crippen molar-refractivity contribution < 1.29 is 14.3 Å². The van der Waals surface area contributed by atoms with Crippen LogP contribution in [0, 0.1) is 17.2 Å². The standard InChI is InChI=1S/C20H31N5O3.C3H8/c1-4-17(13-22-12-16(2)11-21)24-10-9-23(15-24)14-19(26)25-8-6-5-7-18(25)20(27)28-3;1-3-2/h4,12,16,18H,5-10,13-15H2,1-3H3;3H2,1-2H3/b17-4+,22-12?;. The summed E-state index contributed by atoms with van der Waals surface area (Å²) in [6, 6.07) is 1.68. The Morgan fingerprint density at radius 2 is 1.97 bits per heavy atom. The fraction of sp³-hybridized carbons (Fsp3) is 0.739. The molecule has 31 heavy (non-hydrogen) atoms. The number of aliphatic imine (C=N–C) groups is 1. The molecule has 2 aliphatic rings. The van der Waals surface area contributed by atoms with E-state index in [9.17, 15) is 9.59 Å². The number of ether oxygens (including phenoxy) is 1. The Balaban J connectivity index is 0.00000151. The molecule has 2 atom stereocenters. The van der Waals surface area contributed by atoms with Gasteiger partial charge in [-0.05, 0) is 33.1 Å². The Morgan fingerprint density at radius 3 is 2.58 bits per heavy atom. The molecule has 0 saturated carbocycles. The minimum Gasteiger partial charge on any atom is -0.467 e. The Morgan fingerprint density at radius 1 is 1.26 bits per heavy atom. The molecule has 0 radical (unpaired) electrons. The van der Waals surface area contributed by atoms with Crippen LogP contribution < -0.4 is 0 Å². The molecule has 1 amide bonds. The van der Waals surface area contributed by atoms with E-state index in [0.29, 0.717) is 32.7 Å². The van der Waals surface area contributed by atoms with Gasteiger partial charge < -0.3 is 14.5 Å². The van der Waals surface area contributed by atoms with Crippen molar-refractivity contribution in [3.63, 3.8) is 0 Å². The fourth-order valence-corrected chi connectivity index (χ4v) is 3.61. The highest BCUT2D eigenvalue weighted by atomic mass is 16.5. The van der Waals surface area contributed by atoms with Gasteiger partial charge in [0.05, 0.1) is 38.9 Å². The molecule has 2 fully saturated rings. The maximum Gasteiger partial charge on any atom is 0.328 e. The van der Waals surface area contributed by atoms with Crippen molar-refractivity contribution in [2.24, 2.45) is 10.9 Å². The van der Waals surface area contributed by atoms with Crippen LogP contribution in [0.25, 0.3) is 0 Å². The van der Waals surface area contributed by atoms with E-state index >= 15 is 0 Å². The number of nitrogens with zero attached hydrogens (tertiary/aromatic N) is 5. The summed E-state index contributed by atoms with van der Waals surface area (Å²) in [5.41, 5.74) is 1.08. The van der Waals surface area contributed by atoms with E-state index in [0.717, 1.165) is 31.6 Å². The number of methoxy groups -OCH3 is 1. The normalized spacial score (nSPS) is 20.8. The predicted molar refractivity (Wildman–Crippen MR) is 122 cm³/mol. The van der Waals surface area contributed by atoms with E-state index in [4.69, 9.17) is 10.00 Å². The fourth-order valence-electron chi connectivity index (χ4n) is 3.61. The zero-order valence-electron chi connectivity index (χ0n) is 19.8. The molecule has 0 aliphatic carbocycles. The maximum absolute atomic E-state index is 12.8. The van der Waals surface area contributed by atoms with Gasteiger partial charge in [0.25, 0.3) is 0 Å². The highest BCUT2D eigenvalue weighted by Gasteiger charge is 2.34. The van der Waals surface area contributed by atoms with Gasteiger partial charge in [-0.2, -0.15) is 5.26 Å². The number of likely N-dealkylation sites (tertiary alicyclic amines) is 1. The third kappa shape index (κ3) is 8.70. The number of piperidine rings is 1. The highest BCUT2D eigenvalue weighted by molar-refractivity contribution is 5.85. The first kappa shape index (κ1) is 26.6. The topological polar surface area (TPSA) is 89.2 Å². The van der Waals surface area contributed by atoms with Crippen LogP contribution in [0.3, 0.4) is 0 Å². The number of nitriles is 1. The molecular weight excluding hydrogens is 394 g/mol. The Labute approximate surface area is 187 Å². The number of allylic oxidation sites excluding steroid dienone is 1. The molecule has 0 spiro atoms. The van der Waals surface area contributed by atoms with Crippen molar-refractivity contribution in [2.45, 2.75) is 59.4 Å². The van der Waals surface area contributed by atoms with Crippen LogP contribution in [-0.2, 0) is 14.3 Å². The second kappa shape index (κ2) is 14.6. The quantitative estimate of drug-likeness (QED) is 0.453. The van der Waals surface area contributed by atoms with Crippen LogP contribution in [0.15, 0.2) is 16.8 Å². The van der Waals surface area contributed by atoms with Gasteiger partial charge in [0.1, 0.15) is 6.04 Å². The molecular formula is C23H39N5O3. The van der Waals surface area contributed by atoms with E-state index in [1.807, 2.05) is 19.9 Å². The highest BCUT2D eigenvalue weighted by Crippen LogP contribution is 2.19. The number of rotatable bonds is 7. The number of carbonyl (C=O) groups excluding carboxylic acids is 2. The zero-order chi connectivity index (χ0) is 23.2. The minimum atomic E-state index is -0.451. The van der Waals surface area contributed by atoms with E-state index in [2.05, 4.69) is 34.7 Å². The van der Waals surface area contributed by atoms with Gasteiger partial charge in [0.2, 0.25) is 5.91 Å². The first-order chi connectivity index (χ1) is 14.9. The minimum absolute atomic E-state index is 0.0140. The van der Waals surface area contributed by atoms with Crippen molar-refractivity contribution >= 4 is 18.1 Å². The number of carbonyl (C=O) groups is 2. The van der Waals surface area contributed by atoms with E-state index < -0.39 is 6.04 Å². The van der Waals surface area contributed by atoms with Crippen LogP contribution in [0.2, 0.25) is 0 Å². The Hall–Kier alpha value is -2.40. The summed E-state index contributed by atoms with van der Waals surface area (Å²) >= 11 is 0. The summed E-state index contributed by atoms with van der Waals surface area (Å²) in [5.74, 6) is -0.533. The second-order valence-electron chi connectivity index (χ2n) is 7.97. The van der Waals surface area contributed by atoms with Crippen molar-refractivity contribution in [1.29, 1.82) is 5.26 Å². The third-order valence-electron chi connectivity index (χ3n) is 5.24. The van der Waals surface area contributed by atoms with Gasteiger partial charge in [-0.3, -0.25) is 14.7 Å². The maximum atomic E-state index is 12.8. The number of hydrogen-bond acceptors (Lipinski definition) is 7. The summed E-state index contributed by atoms with van der Waals surface area (Å²) in [6.07, 6.45) is 7.48. The molecule has 0 aromatic heterocycles. The monoisotopic (exact) mass is 433 g/mol. The van der Waals surface area contributed by atoms with Crippen LogP contribution in [-0.4, -0.2) is 85.3 Å². The Kier molecular flexibility index (Phi) is 12.5. The number of hydrogen-bond donors (Lipinski definition) is 0. The lowest BCUT2D eigenvalue weighted by molar-refractivity contribution is -0.155. The summed E-state index contributed by atoms with van der Waals surface area (Å²) in [7, 11) is 1.37. The van der Waals surface area contributed by atoms with Crippen LogP contribution >= 0.6 is 0 Å². The molecule has 2 unspecified atom stereocenters. The van der Waals surface area contributed by atoms with Crippen LogP contribution in [0.1, 0.15) is 53.4 Å². The van der Waals surface area contributed by atoms with Crippen LogP contribution in [0.4, 0.5) is 0 Å². The summed E-state index contributed by atoms with van der Waals surface area (Å²) < 4.78 is 4.87. The first-order valence-electron chi connectivity index (χ1n) is 11.3. The van der Waals surface area contributed by atoms with E-state index in [-0.39, 0.29) is 17.8 Å². The molecule has 0 aromatic rings. The largest absolute Gasteiger partial charge is 0.467 e. The summed E-state index contributed by atoms with van der Waals surface area (Å²) in [6.45, 7) is 11.8. The predicted octanol–water partition coefficient (Wildman–Crippen LogP) is 2.67. The molecule has 8 nitrogen and oxygen atoms in total. The van der Waals surface area contributed by atoms with Gasteiger partial charge in [0, 0.05) is 31.5 Å². The zero-order valence-corrected chi connectivity index (χ0v) is 19.8. The third-order valence-corrected chi connectivity index (χ3v) is 5.24. The lowest BCUT2D eigenvalue weighted by Gasteiger charge is -2.34. The van der Waals surface area contributed by atoms with Gasteiger partial charge in [0.15, 0.2) is 0 Å². The lowest BCUT2D eigenvalue weighted by atomic mass is 10.0. The van der Waals surface area contributed by atoms with Crippen molar-refractivity contribution in [3.8, 4) is 6.07 Å². The molecule has 0 N–H and O–H groups in total. The smallest absolute Gasteiger partial charge is 0.328 e. The van der Waals surface area contributed by atoms with Gasteiger partial charge in [-0.1, -0.05) is 26.3 Å². The molecule has 2 aliphatic heterocycles. The van der Waals surface area contributed by atoms with Gasteiger partial charge >= 0.3 is 5.97 Å². The van der Waals surface area contributed by atoms with E-state index in [1.165, 1.54) is 13.5 Å². The first-order valence-corrected chi connectivity index (χ1v) is 11.3. The molecule has 2 rings (SSSR count). The average Bonchev–Trinajstić information content (AvgIpc) is 3.24. The molecule has 8 heteroatoms. The summed E-state index contributed by atoms with van der Waals surface area (Å²) in [5, 5.41) is 8.83. The number of esters is 1. The van der Waals surface area contributed by atoms with Gasteiger partial charge in [-0.15, -0.1) is 0 Å². The van der Waals surface area contributed by atoms with Crippen molar-refractivity contribution in [1.82, 2.24) is 14.7 Å². The lowest BCUT2D eigenvalue weighted by Crippen LogP contribution is -2.51.